The maximum atomic E-state index is 6.21. The Morgan fingerprint density at radius 2 is 0.712 bits per heavy atom. The van der Waals surface area contributed by atoms with Crippen LogP contribution in [-0.4, -0.2) is 0 Å². The van der Waals surface area contributed by atoms with Gasteiger partial charge in [0.15, 0.2) is 0 Å². The Hall–Kier alpha value is -8.40. The van der Waals surface area contributed by atoms with Gasteiger partial charge in [-0.1, -0.05) is 153 Å². The van der Waals surface area contributed by atoms with Gasteiger partial charge in [-0.15, -0.1) is 0 Å². The van der Waals surface area contributed by atoms with E-state index in [1.807, 2.05) is 12.1 Å². The molecule has 0 saturated heterocycles. The van der Waals surface area contributed by atoms with Crippen molar-refractivity contribution in [1.29, 1.82) is 0 Å². The Morgan fingerprint density at radius 1 is 0.288 bits per heavy atom. The molecule has 1 heterocycles. The van der Waals surface area contributed by atoms with Crippen LogP contribution < -0.4 is 9.80 Å². The molecule has 0 radical (unpaired) electrons. The molecular formula is C63H46N2O. The first-order valence-electron chi connectivity index (χ1n) is 22.7. The molecule has 1 aliphatic rings. The molecule has 1 aliphatic carbocycles. The lowest BCUT2D eigenvalue weighted by molar-refractivity contribution is 0.660. The third-order valence-corrected chi connectivity index (χ3v) is 13.4. The van der Waals surface area contributed by atoms with E-state index >= 15 is 0 Å². The van der Waals surface area contributed by atoms with E-state index in [0.29, 0.717) is 0 Å². The topological polar surface area (TPSA) is 19.6 Å². The maximum Gasteiger partial charge on any atom is 0.135 e. The molecule has 0 spiro atoms. The second-order valence-corrected chi connectivity index (χ2v) is 17.8. The zero-order chi connectivity index (χ0) is 44.2. The molecule has 0 fully saturated rings. The average Bonchev–Trinajstić information content (AvgIpc) is 3.86. The minimum atomic E-state index is -0.0478. The lowest BCUT2D eigenvalue weighted by Gasteiger charge is -2.27. The standard InChI is InChI=1S/C63H46N2O/c1-63(2)59-24-14-12-22-55(59)57-41-53(34-36-60(57)63)64(49-18-8-4-9-19-49)51-30-26-44(27-31-51)47-38-46(43-16-6-3-7-17-43)39-48(40-47)45-28-32-52(33-29-45)65(50-20-10-5-11-21-50)54-35-37-62-58(42-54)56-23-13-15-25-61(56)66-62/h3-42H,1-2H3. The van der Waals surface area contributed by atoms with Crippen LogP contribution in [0.2, 0.25) is 0 Å². The van der Waals surface area contributed by atoms with Crippen molar-refractivity contribution in [2.45, 2.75) is 19.3 Å². The van der Waals surface area contributed by atoms with Crippen molar-refractivity contribution in [2.75, 3.05) is 9.80 Å². The molecule has 10 aromatic carbocycles. The Bertz CT molecular complexity index is 3540. The minimum absolute atomic E-state index is 0.0478. The predicted octanol–water partition coefficient (Wildman–Crippen LogP) is 17.8. The van der Waals surface area contributed by atoms with E-state index in [2.05, 4.69) is 254 Å². The van der Waals surface area contributed by atoms with E-state index in [9.17, 15) is 0 Å². The first-order valence-corrected chi connectivity index (χ1v) is 22.7. The predicted molar refractivity (Wildman–Crippen MR) is 277 cm³/mol. The summed E-state index contributed by atoms with van der Waals surface area (Å²) in [5, 5.41) is 2.22. The molecule has 66 heavy (non-hydrogen) atoms. The molecule has 0 unspecified atom stereocenters. The largest absolute Gasteiger partial charge is 0.456 e. The van der Waals surface area contributed by atoms with Gasteiger partial charge >= 0.3 is 0 Å². The first kappa shape index (κ1) is 39.2. The normalized spacial score (nSPS) is 12.5. The van der Waals surface area contributed by atoms with Gasteiger partial charge in [-0.25, -0.2) is 0 Å². The second kappa shape index (κ2) is 16.0. The molecule has 314 valence electrons. The van der Waals surface area contributed by atoms with Crippen molar-refractivity contribution < 1.29 is 4.42 Å². The third-order valence-electron chi connectivity index (χ3n) is 13.4. The Morgan fingerprint density at radius 3 is 1.32 bits per heavy atom. The first-order chi connectivity index (χ1) is 32.5. The van der Waals surface area contributed by atoms with Gasteiger partial charge in [-0.2, -0.15) is 0 Å². The summed E-state index contributed by atoms with van der Waals surface area (Å²) in [5.41, 5.74) is 20.7. The van der Waals surface area contributed by atoms with Crippen molar-refractivity contribution in [1.82, 2.24) is 0 Å². The number of nitrogens with zero attached hydrogens (tertiary/aromatic N) is 2. The molecule has 1 aromatic heterocycles. The fraction of sp³-hybridized carbons (Fsp3) is 0.0476. The summed E-state index contributed by atoms with van der Waals surface area (Å²) in [6, 6.07) is 87.6. The summed E-state index contributed by atoms with van der Waals surface area (Å²) in [5.74, 6) is 0. The molecule has 12 rings (SSSR count). The van der Waals surface area contributed by atoms with Crippen LogP contribution in [0.4, 0.5) is 34.1 Å². The summed E-state index contributed by atoms with van der Waals surface area (Å²) < 4.78 is 6.21. The minimum Gasteiger partial charge on any atom is -0.456 e. The number of rotatable bonds is 9. The van der Waals surface area contributed by atoms with Crippen molar-refractivity contribution in [3.63, 3.8) is 0 Å². The van der Waals surface area contributed by atoms with Crippen LogP contribution in [0.1, 0.15) is 25.0 Å². The SMILES string of the molecule is CC1(C)c2ccccc2-c2cc(N(c3ccccc3)c3ccc(-c4cc(-c5ccccc5)cc(-c5ccc(N(c6ccccc6)c6ccc7oc8ccccc8c7c6)cc5)c4)cc3)ccc21. The molecule has 3 nitrogen and oxygen atoms in total. The molecule has 0 bridgehead atoms. The summed E-state index contributed by atoms with van der Waals surface area (Å²) >= 11 is 0. The van der Waals surface area contributed by atoms with Crippen LogP contribution in [0.3, 0.4) is 0 Å². The smallest absolute Gasteiger partial charge is 0.135 e. The van der Waals surface area contributed by atoms with Crippen LogP contribution in [0.15, 0.2) is 247 Å². The zero-order valence-corrected chi connectivity index (χ0v) is 36.9. The van der Waals surface area contributed by atoms with E-state index in [4.69, 9.17) is 4.42 Å². The number of furan rings is 1. The fourth-order valence-electron chi connectivity index (χ4n) is 10.1. The number of benzene rings is 10. The Balaban J connectivity index is 0.918. The van der Waals surface area contributed by atoms with E-state index in [1.54, 1.807) is 0 Å². The van der Waals surface area contributed by atoms with E-state index in [-0.39, 0.29) is 5.41 Å². The van der Waals surface area contributed by atoms with Crippen LogP contribution in [0, 0.1) is 0 Å². The van der Waals surface area contributed by atoms with Crippen LogP contribution in [0.25, 0.3) is 66.4 Å². The summed E-state index contributed by atoms with van der Waals surface area (Å²) in [7, 11) is 0. The van der Waals surface area contributed by atoms with Crippen molar-refractivity contribution in [3.8, 4) is 44.5 Å². The van der Waals surface area contributed by atoms with Crippen molar-refractivity contribution in [3.05, 3.63) is 254 Å². The van der Waals surface area contributed by atoms with E-state index < -0.39 is 0 Å². The van der Waals surface area contributed by atoms with E-state index in [0.717, 1.165) is 78.3 Å². The monoisotopic (exact) mass is 846 g/mol. The van der Waals surface area contributed by atoms with Crippen LogP contribution >= 0.6 is 0 Å². The van der Waals surface area contributed by atoms with Crippen LogP contribution in [0.5, 0.6) is 0 Å². The van der Waals surface area contributed by atoms with Gasteiger partial charge in [0.25, 0.3) is 0 Å². The van der Waals surface area contributed by atoms with Crippen LogP contribution in [-0.2, 0) is 5.41 Å². The molecule has 0 saturated carbocycles. The highest BCUT2D eigenvalue weighted by Crippen LogP contribution is 2.51. The van der Waals surface area contributed by atoms with Gasteiger partial charge in [0.05, 0.1) is 0 Å². The summed E-state index contributed by atoms with van der Waals surface area (Å²) in [6.07, 6.45) is 0. The van der Waals surface area contributed by atoms with Gasteiger partial charge < -0.3 is 14.2 Å². The molecule has 3 heteroatoms. The van der Waals surface area contributed by atoms with Crippen molar-refractivity contribution >= 4 is 56.1 Å². The average molecular weight is 847 g/mol. The lowest BCUT2D eigenvalue weighted by atomic mass is 9.82. The van der Waals surface area contributed by atoms with Gasteiger partial charge in [0, 0.05) is 50.3 Å². The number of fused-ring (bicyclic) bond motifs is 6. The number of hydrogen-bond donors (Lipinski definition) is 0. The Kier molecular flexibility index (Phi) is 9.50. The van der Waals surface area contributed by atoms with Gasteiger partial charge in [0.2, 0.25) is 0 Å². The maximum absolute atomic E-state index is 6.21. The highest BCUT2D eigenvalue weighted by atomic mass is 16.3. The second-order valence-electron chi connectivity index (χ2n) is 17.8. The lowest BCUT2D eigenvalue weighted by Crippen LogP contribution is -2.15. The number of para-hydroxylation sites is 3. The quantitative estimate of drug-likeness (QED) is 0.144. The zero-order valence-electron chi connectivity index (χ0n) is 36.9. The summed E-state index contributed by atoms with van der Waals surface area (Å²) in [6.45, 7) is 4.67. The molecule has 0 N–H and O–H groups in total. The van der Waals surface area contributed by atoms with Gasteiger partial charge in [-0.05, 0) is 159 Å². The van der Waals surface area contributed by atoms with Gasteiger partial charge in [-0.3, -0.25) is 0 Å². The number of hydrogen-bond acceptors (Lipinski definition) is 3. The third kappa shape index (κ3) is 6.85. The van der Waals surface area contributed by atoms with Gasteiger partial charge in [0.1, 0.15) is 11.2 Å². The molecule has 11 aromatic rings. The van der Waals surface area contributed by atoms with Crippen molar-refractivity contribution in [2.24, 2.45) is 0 Å². The highest BCUT2D eigenvalue weighted by Gasteiger charge is 2.35. The number of anilines is 6. The molecule has 0 atom stereocenters. The summed E-state index contributed by atoms with van der Waals surface area (Å²) in [4.78, 5) is 4.69. The Labute approximate surface area is 386 Å². The molecule has 0 aliphatic heterocycles. The highest BCUT2D eigenvalue weighted by molar-refractivity contribution is 6.06. The molecular weight excluding hydrogens is 801 g/mol. The molecule has 0 amide bonds. The van der Waals surface area contributed by atoms with E-state index in [1.165, 1.54) is 33.4 Å². The fourth-order valence-corrected chi connectivity index (χ4v) is 10.1.